The van der Waals surface area contributed by atoms with Crippen LogP contribution in [0.4, 0.5) is 0 Å². The lowest BCUT2D eigenvalue weighted by atomic mass is 10.1. The number of nitrogens with zero attached hydrogens (tertiary/aromatic N) is 1. The summed E-state index contributed by atoms with van der Waals surface area (Å²) in [7, 11) is 0. The quantitative estimate of drug-likeness (QED) is 0.546. The van der Waals surface area contributed by atoms with Crippen LogP contribution in [0.15, 0.2) is 53.1 Å². The van der Waals surface area contributed by atoms with Gasteiger partial charge in [-0.3, -0.25) is 0 Å². The van der Waals surface area contributed by atoms with Gasteiger partial charge < -0.3 is 4.74 Å². The molecule has 0 radical (unpaired) electrons. The van der Waals surface area contributed by atoms with Crippen molar-refractivity contribution in [2.24, 2.45) is 0 Å². The average molecular weight is 363 g/mol. The lowest BCUT2D eigenvalue weighted by Crippen LogP contribution is -1.94. The molecular weight excluding hydrogens is 350 g/mol. The largest absolute Gasteiger partial charge is 0.438 e. The van der Waals surface area contributed by atoms with E-state index in [9.17, 15) is 0 Å². The van der Waals surface area contributed by atoms with Crippen LogP contribution in [0.25, 0.3) is 10.8 Å². The molecule has 0 aliphatic carbocycles. The highest BCUT2D eigenvalue weighted by atomic mass is 79.9. The number of hydrogen-bond acceptors (Lipinski definition) is 2. The van der Waals surface area contributed by atoms with Gasteiger partial charge in [0.15, 0.2) is 0 Å². The van der Waals surface area contributed by atoms with Gasteiger partial charge in [-0.2, -0.15) is 0 Å². The first-order valence-corrected chi connectivity index (χ1v) is 7.88. The monoisotopic (exact) mass is 361 g/mol. The molecule has 0 atom stereocenters. The van der Waals surface area contributed by atoms with Crippen LogP contribution in [-0.2, 0) is 5.88 Å². The molecule has 0 fully saturated rings. The lowest BCUT2D eigenvalue weighted by Gasteiger charge is -2.11. The maximum absolute atomic E-state index is 5.95. The van der Waals surface area contributed by atoms with E-state index in [4.69, 9.17) is 16.3 Å². The van der Waals surface area contributed by atoms with E-state index in [0.29, 0.717) is 11.8 Å². The molecule has 0 aliphatic heterocycles. The van der Waals surface area contributed by atoms with Gasteiger partial charge in [0.2, 0.25) is 5.88 Å². The van der Waals surface area contributed by atoms with E-state index in [1.165, 1.54) is 5.39 Å². The smallest absolute Gasteiger partial charge is 0.222 e. The molecular formula is C17H13BrClNO. The highest BCUT2D eigenvalue weighted by molar-refractivity contribution is 9.10. The zero-order valence-corrected chi connectivity index (χ0v) is 13.8. The summed E-state index contributed by atoms with van der Waals surface area (Å²) in [6.07, 6.45) is 1.74. The number of ether oxygens (including phenoxy) is 1. The minimum Gasteiger partial charge on any atom is -0.438 e. The molecule has 4 heteroatoms. The lowest BCUT2D eigenvalue weighted by molar-refractivity contribution is 0.456. The Bertz CT molecular complexity index is 804. The van der Waals surface area contributed by atoms with E-state index in [2.05, 4.69) is 33.0 Å². The number of alkyl halides is 1. The van der Waals surface area contributed by atoms with E-state index >= 15 is 0 Å². The molecule has 3 aromatic rings. The second-order valence-electron chi connectivity index (χ2n) is 4.80. The molecule has 1 aromatic heterocycles. The van der Waals surface area contributed by atoms with Crippen molar-refractivity contribution >= 4 is 38.3 Å². The van der Waals surface area contributed by atoms with E-state index < -0.39 is 0 Å². The van der Waals surface area contributed by atoms with Gasteiger partial charge in [0.05, 0.1) is 4.47 Å². The predicted molar refractivity (Wildman–Crippen MR) is 90.3 cm³/mol. The van der Waals surface area contributed by atoms with Crippen LogP contribution in [0.1, 0.15) is 11.1 Å². The van der Waals surface area contributed by atoms with Crippen molar-refractivity contribution in [3.05, 3.63) is 64.3 Å². The summed E-state index contributed by atoms with van der Waals surface area (Å²) in [4.78, 5) is 4.34. The third-order valence-corrected chi connectivity index (χ3v) is 4.40. The van der Waals surface area contributed by atoms with Gasteiger partial charge in [-0.25, -0.2) is 4.98 Å². The molecule has 2 nitrogen and oxygen atoms in total. The minimum absolute atomic E-state index is 0.452. The zero-order valence-electron chi connectivity index (χ0n) is 11.4. The molecule has 0 N–H and O–H groups in total. The number of aryl methyl sites for hydroxylation is 1. The molecule has 0 amide bonds. The molecule has 0 bridgehead atoms. The Kier molecular flexibility index (Phi) is 4.13. The SMILES string of the molecule is Cc1cc(CCl)cnc1Oc1ccc2ccccc2c1Br. The third-order valence-electron chi connectivity index (χ3n) is 3.28. The van der Waals surface area contributed by atoms with Crippen molar-refractivity contribution in [3.8, 4) is 11.6 Å². The Morgan fingerprint density at radius 3 is 2.76 bits per heavy atom. The van der Waals surface area contributed by atoms with Crippen LogP contribution in [-0.4, -0.2) is 4.98 Å². The number of aromatic nitrogens is 1. The Hall–Kier alpha value is -1.58. The van der Waals surface area contributed by atoms with E-state index in [1.807, 2.05) is 37.3 Å². The van der Waals surface area contributed by atoms with Crippen LogP contribution in [0, 0.1) is 6.92 Å². The average Bonchev–Trinajstić information content (AvgIpc) is 2.52. The molecule has 2 aromatic carbocycles. The number of benzene rings is 2. The van der Waals surface area contributed by atoms with Crippen molar-refractivity contribution in [1.29, 1.82) is 0 Å². The molecule has 106 valence electrons. The topological polar surface area (TPSA) is 22.1 Å². The van der Waals surface area contributed by atoms with Gasteiger partial charge in [-0.05, 0) is 51.3 Å². The molecule has 0 spiro atoms. The Morgan fingerprint density at radius 2 is 2.00 bits per heavy atom. The zero-order chi connectivity index (χ0) is 14.8. The first-order chi connectivity index (χ1) is 10.2. The molecule has 0 aliphatic rings. The second-order valence-corrected chi connectivity index (χ2v) is 5.86. The van der Waals surface area contributed by atoms with Crippen LogP contribution >= 0.6 is 27.5 Å². The summed E-state index contributed by atoms with van der Waals surface area (Å²) in [6.45, 7) is 1.97. The summed E-state index contributed by atoms with van der Waals surface area (Å²) in [5, 5.41) is 2.28. The Balaban J connectivity index is 2.00. The van der Waals surface area contributed by atoms with Crippen molar-refractivity contribution in [2.45, 2.75) is 12.8 Å². The Labute approximate surface area is 136 Å². The van der Waals surface area contributed by atoms with Crippen LogP contribution in [0.5, 0.6) is 11.6 Å². The normalized spacial score (nSPS) is 10.8. The van der Waals surface area contributed by atoms with Gasteiger partial charge in [0, 0.05) is 17.6 Å². The van der Waals surface area contributed by atoms with Gasteiger partial charge in [-0.1, -0.05) is 30.3 Å². The molecule has 0 saturated heterocycles. The second kappa shape index (κ2) is 6.04. The highest BCUT2D eigenvalue weighted by Crippen LogP contribution is 2.36. The van der Waals surface area contributed by atoms with Gasteiger partial charge in [0.1, 0.15) is 5.75 Å². The van der Waals surface area contributed by atoms with Crippen LogP contribution < -0.4 is 4.74 Å². The van der Waals surface area contributed by atoms with Crippen molar-refractivity contribution in [3.63, 3.8) is 0 Å². The summed E-state index contributed by atoms with van der Waals surface area (Å²) in [6, 6.07) is 14.1. The van der Waals surface area contributed by atoms with E-state index in [0.717, 1.165) is 26.7 Å². The van der Waals surface area contributed by atoms with Crippen LogP contribution in [0.2, 0.25) is 0 Å². The minimum atomic E-state index is 0.452. The van der Waals surface area contributed by atoms with Crippen molar-refractivity contribution < 1.29 is 4.74 Å². The maximum atomic E-state index is 5.95. The van der Waals surface area contributed by atoms with Crippen LogP contribution in [0.3, 0.4) is 0 Å². The molecule has 0 saturated carbocycles. The first kappa shape index (κ1) is 14.4. The molecule has 3 rings (SSSR count). The molecule has 0 unspecified atom stereocenters. The van der Waals surface area contributed by atoms with Crippen molar-refractivity contribution in [1.82, 2.24) is 4.98 Å². The summed E-state index contributed by atoms with van der Waals surface area (Å²) < 4.78 is 6.88. The highest BCUT2D eigenvalue weighted by Gasteiger charge is 2.09. The molecule has 1 heterocycles. The third kappa shape index (κ3) is 2.89. The number of pyridine rings is 1. The van der Waals surface area contributed by atoms with Gasteiger partial charge in [-0.15, -0.1) is 11.6 Å². The van der Waals surface area contributed by atoms with Gasteiger partial charge >= 0.3 is 0 Å². The number of rotatable bonds is 3. The summed E-state index contributed by atoms with van der Waals surface area (Å²) >= 11 is 9.43. The van der Waals surface area contributed by atoms with Crippen molar-refractivity contribution in [2.75, 3.05) is 0 Å². The fourth-order valence-corrected chi connectivity index (χ4v) is 2.92. The van der Waals surface area contributed by atoms with E-state index in [-0.39, 0.29) is 0 Å². The fraction of sp³-hybridized carbons (Fsp3) is 0.118. The first-order valence-electron chi connectivity index (χ1n) is 6.55. The molecule has 21 heavy (non-hydrogen) atoms. The standard InChI is InChI=1S/C17H13BrClNO/c1-11-8-12(9-19)10-20-17(11)21-15-7-6-13-4-2-3-5-14(13)16(15)18/h2-8,10H,9H2,1H3. The Morgan fingerprint density at radius 1 is 1.19 bits per heavy atom. The number of halogens is 2. The number of hydrogen-bond donors (Lipinski definition) is 0. The van der Waals surface area contributed by atoms with E-state index in [1.54, 1.807) is 6.20 Å². The summed E-state index contributed by atoms with van der Waals surface area (Å²) in [5.41, 5.74) is 1.95. The van der Waals surface area contributed by atoms with Gasteiger partial charge in [0.25, 0.3) is 0 Å². The fourth-order valence-electron chi connectivity index (χ4n) is 2.20. The maximum Gasteiger partial charge on any atom is 0.222 e. The summed E-state index contributed by atoms with van der Waals surface area (Å²) in [5.74, 6) is 1.80. The number of fused-ring (bicyclic) bond motifs is 1. The predicted octanol–water partition coefficient (Wildman–Crippen LogP) is 5.84.